The van der Waals surface area contributed by atoms with Gasteiger partial charge in [0.2, 0.25) is 5.82 Å². The lowest BCUT2D eigenvalue weighted by Gasteiger charge is -2.11. The lowest BCUT2D eigenvalue weighted by atomic mass is 10.2. The van der Waals surface area contributed by atoms with E-state index in [4.69, 9.17) is 21.1 Å². The van der Waals surface area contributed by atoms with E-state index in [2.05, 4.69) is 9.97 Å². The molecule has 20 heavy (non-hydrogen) atoms. The predicted octanol–water partition coefficient (Wildman–Crippen LogP) is 3.46. The number of halogens is 4. The van der Waals surface area contributed by atoms with E-state index in [1.54, 1.807) is 0 Å². The van der Waals surface area contributed by atoms with Crippen LogP contribution >= 0.6 is 11.6 Å². The number of hydrogen-bond donors (Lipinski definition) is 0. The molecule has 0 fully saturated rings. The van der Waals surface area contributed by atoms with Crippen molar-refractivity contribution in [1.82, 2.24) is 9.97 Å². The maximum absolute atomic E-state index is 12.7. The molecule has 0 aliphatic carbocycles. The Bertz CT molecular complexity index is 676. The first kappa shape index (κ1) is 13.2. The molecule has 106 valence electrons. The van der Waals surface area contributed by atoms with Gasteiger partial charge in [-0.05, 0) is 6.07 Å². The van der Waals surface area contributed by atoms with Gasteiger partial charge in [-0.25, -0.2) is 9.97 Å². The summed E-state index contributed by atoms with van der Waals surface area (Å²) in [5.74, 6) is -0.484. The van der Waals surface area contributed by atoms with E-state index in [1.165, 1.54) is 12.1 Å². The van der Waals surface area contributed by atoms with Crippen LogP contribution in [0.3, 0.4) is 0 Å². The number of ether oxygens (including phenoxy) is 2. The fourth-order valence-electron chi connectivity index (χ4n) is 1.87. The molecular formula is C12H8ClF3N2O2. The molecule has 0 amide bonds. The van der Waals surface area contributed by atoms with Crippen molar-refractivity contribution in [1.29, 1.82) is 0 Å². The molecule has 4 nitrogen and oxygen atoms in total. The fraction of sp³-hybridized carbons (Fsp3) is 0.333. The molecule has 0 unspecified atom stereocenters. The molecule has 0 bridgehead atoms. The monoisotopic (exact) mass is 304 g/mol. The Kier molecular flexibility index (Phi) is 3.08. The SMILES string of the molecule is FC(F)(F)c1nc(Cl)c2cc3c(cc2n1)OCCCO3. The van der Waals surface area contributed by atoms with Crippen molar-refractivity contribution in [2.45, 2.75) is 12.6 Å². The Morgan fingerprint density at radius 3 is 2.35 bits per heavy atom. The summed E-state index contributed by atoms with van der Waals surface area (Å²) in [6.45, 7) is 0.904. The zero-order valence-electron chi connectivity index (χ0n) is 10.00. The van der Waals surface area contributed by atoms with Gasteiger partial charge >= 0.3 is 6.18 Å². The molecule has 1 aliphatic rings. The van der Waals surface area contributed by atoms with Crippen LogP contribution < -0.4 is 9.47 Å². The van der Waals surface area contributed by atoms with Crippen molar-refractivity contribution in [2.24, 2.45) is 0 Å². The maximum atomic E-state index is 12.7. The van der Waals surface area contributed by atoms with Crippen LogP contribution in [0, 0.1) is 0 Å². The molecule has 1 aromatic carbocycles. The number of aromatic nitrogens is 2. The lowest BCUT2D eigenvalue weighted by Crippen LogP contribution is -2.11. The van der Waals surface area contributed by atoms with Gasteiger partial charge in [0.1, 0.15) is 5.15 Å². The van der Waals surface area contributed by atoms with Crippen molar-refractivity contribution in [3.63, 3.8) is 0 Å². The van der Waals surface area contributed by atoms with E-state index in [0.29, 0.717) is 36.5 Å². The van der Waals surface area contributed by atoms with Crippen molar-refractivity contribution in [3.8, 4) is 11.5 Å². The first-order valence-corrected chi connectivity index (χ1v) is 6.17. The van der Waals surface area contributed by atoms with Crippen molar-refractivity contribution in [2.75, 3.05) is 13.2 Å². The van der Waals surface area contributed by atoms with Crippen LogP contribution in [-0.4, -0.2) is 23.2 Å². The first-order valence-electron chi connectivity index (χ1n) is 5.79. The number of rotatable bonds is 0. The summed E-state index contributed by atoms with van der Waals surface area (Å²) in [7, 11) is 0. The number of alkyl halides is 3. The van der Waals surface area contributed by atoms with Gasteiger partial charge in [0.25, 0.3) is 0 Å². The highest BCUT2D eigenvalue weighted by Gasteiger charge is 2.35. The van der Waals surface area contributed by atoms with Gasteiger partial charge in [0.15, 0.2) is 11.5 Å². The smallest absolute Gasteiger partial charge is 0.451 e. The normalized spacial score (nSPS) is 15.2. The van der Waals surface area contributed by atoms with E-state index >= 15 is 0 Å². The maximum Gasteiger partial charge on any atom is 0.451 e. The molecule has 3 rings (SSSR count). The Hall–Kier alpha value is -1.76. The highest BCUT2D eigenvalue weighted by atomic mass is 35.5. The van der Waals surface area contributed by atoms with E-state index in [1.807, 2.05) is 0 Å². The molecule has 2 heterocycles. The van der Waals surface area contributed by atoms with Crippen LogP contribution in [0.1, 0.15) is 12.2 Å². The number of benzene rings is 1. The van der Waals surface area contributed by atoms with E-state index in [0.717, 1.165) is 0 Å². The summed E-state index contributed by atoms with van der Waals surface area (Å²) in [5.41, 5.74) is 0.0709. The minimum atomic E-state index is -4.65. The molecule has 8 heteroatoms. The van der Waals surface area contributed by atoms with Crippen molar-refractivity contribution < 1.29 is 22.6 Å². The van der Waals surface area contributed by atoms with E-state index in [-0.39, 0.29) is 10.7 Å². The quantitative estimate of drug-likeness (QED) is 0.699. The second-order valence-electron chi connectivity index (χ2n) is 4.20. The molecule has 0 spiro atoms. The third kappa shape index (κ3) is 2.33. The van der Waals surface area contributed by atoms with Crippen LogP contribution in [0.2, 0.25) is 5.15 Å². The summed E-state index contributed by atoms with van der Waals surface area (Å²) >= 11 is 5.80. The molecule has 0 N–H and O–H groups in total. The highest BCUT2D eigenvalue weighted by Crippen LogP contribution is 2.37. The second-order valence-corrected chi connectivity index (χ2v) is 4.56. The van der Waals surface area contributed by atoms with Crippen LogP contribution in [-0.2, 0) is 6.18 Å². The Morgan fingerprint density at radius 2 is 1.70 bits per heavy atom. The van der Waals surface area contributed by atoms with Gasteiger partial charge < -0.3 is 9.47 Å². The predicted molar refractivity (Wildman–Crippen MR) is 65.2 cm³/mol. The second kappa shape index (κ2) is 4.66. The largest absolute Gasteiger partial charge is 0.490 e. The number of nitrogens with zero attached hydrogens (tertiary/aromatic N) is 2. The first-order chi connectivity index (χ1) is 9.45. The molecule has 0 atom stereocenters. The fourth-order valence-corrected chi connectivity index (χ4v) is 2.11. The molecule has 0 saturated heterocycles. The summed E-state index contributed by atoms with van der Waals surface area (Å²) < 4.78 is 48.8. The third-order valence-corrected chi connectivity index (χ3v) is 3.06. The molecule has 1 aliphatic heterocycles. The van der Waals surface area contributed by atoms with Gasteiger partial charge in [-0.2, -0.15) is 13.2 Å². The average molecular weight is 305 g/mol. The molecule has 2 aromatic rings. The summed E-state index contributed by atoms with van der Waals surface area (Å²) in [5, 5.41) is 0.0295. The zero-order valence-corrected chi connectivity index (χ0v) is 10.8. The summed E-state index contributed by atoms with van der Waals surface area (Å²) in [4.78, 5) is 6.77. The van der Waals surface area contributed by atoms with Gasteiger partial charge in [-0.1, -0.05) is 11.6 Å². The average Bonchev–Trinajstić information content (AvgIpc) is 2.60. The minimum absolute atomic E-state index is 0.0709. The van der Waals surface area contributed by atoms with Crippen LogP contribution in [0.4, 0.5) is 13.2 Å². The van der Waals surface area contributed by atoms with Crippen LogP contribution in [0.25, 0.3) is 10.9 Å². The van der Waals surface area contributed by atoms with E-state index < -0.39 is 12.0 Å². The molecule has 0 saturated carbocycles. The Balaban J connectivity index is 2.21. The summed E-state index contributed by atoms with van der Waals surface area (Å²) in [6, 6.07) is 2.89. The molecule has 0 radical (unpaired) electrons. The van der Waals surface area contributed by atoms with Crippen LogP contribution in [0.15, 0.2) is 12.1 Å². The minimum Gasteiger partial charge on any atom is -0.490 e. The van der Waals surface area contributed by atoms with Gasteiger partial charge in [-0.3, -0.25) is 0 Å². The topological polar surface area (TPSA) is 44.2 Å². The number of fused-ring (bicyclic) bond motifs is 2. The van der Waals surface area contributed by atoms with E-state index in [9.17, 15) is 13.2 Å². The lowest BCUT2D eigenvalue weighted by molar-refractivity contribution is -0.144. The van der Waals surface area contributed by atoms with Gasteiger partial charge in [-0.15, -0.1) is 0 Å². The standard InChI is InChI=1S/C12H8ClF3N2O2/c13-10-6-4-8-9(20-3-1-2-19-8)5-7(6)17-11(18-10)12(14,15)16/h4-5H,1-3H2. The van der Waals surface area contributed by atoms with Crippen molar-refractivity contribution in [3.05, 3.63) is 23.1 Å². The van der Waals surface area contributed by atoms with Crippen LogP contribution in [0.5, 0.6) is 11.5 Å². The number of hydrogen-bond acceptors (Lipinski definition) is 4. The van der Waals surface area contributed by atoms with Gasteiger partial charge in [0.05, 0.1) is 18.7 Å². The Morgan fingerprint density at radius 1 is 1.05 bits per heavy atom. The molecular weight excluding hydrogens is 297 g/mol. The highest BCUT2D eigenvalue weighted by molar-refractivity contribution is 6.34. The van der Waals surface area contributed by atoms with Crippen molar-refractivity contribution >= 4 is 22.5 Å². The molecule has 1 aromatic heterocycles. The van der Waals surface area contributed by atoms with Gasteiger partial charge in [0, 0.05) is 17.9 Å². The zero-order chi connectivity index (χ0) is 14.3. The summed E-state index contributed by atoms with van der Waals surface area (Å²) in [6.07, 6.45) is -3.96. The third-order valence-electron chi connectivity index (χ3n) is 2.77. The Labute approximate surface area is 116 Å².